The summed E-state index contributed by atoms with van der Waals surface area (Å²) in [5.74, 6) is 2.39. The third-order valence-electron chi connectivity index (χ3n) is 8.78. The normalized spacial score (nSPS) is 22.7. The maximum Gasteiger partial charge on any atom is 0.254 e. The van der Waals surface area contributed by atoms with Gasteiger partial charge in [0.1, 0.15) is 5.75 Å². The van der Waals surface area contributed by atoms with Gasteiger partial charge in [-0.15, -0.1) is 0 Å². The van der Waals surface area contributed by atoms with E-state index < -0.39 is 0 Å². The summed E-state index contributed by atoms with van der Waals surface area (Å²) in [5, 5.41) is 3.38. The molecule has 3 fully saturated rings. The fourth-order valence-electron chi connectivity index (χ4n) is 6.77. The minimum atomic E-state index is 0.0499. The quantitative estimate of drug-likeness (QED) is 0.565. The van der Waals surface area contributed by atoms with Crippen LogP contribution in [0.5, 0.6) is 5.75 Å². The summed E-state index contributed by atoms with van der Waals surface area (Å²) in [6.45, 7) is 8.64. The van der Waals surface area contributed by atoms with Crippen molar-refractivity contribution in [3.8, 4) is 5.75 Å². The molecule has 3 aliphatic rings. The Kier molecular flexibility index (Phi) is 7.84. The van der Waals surface area contributed by atoms with Gasteiger partial charge >= 0.3 is 0 Å². The Morgan fingerprint density at radius 3 is 2.19 bits per heavy atom. The van der Waals surface area contributed by atoms with Crippen molar-refractivity contribution in [1.29, 1.82) is 0 Å². The van der Waals surface area contributed by atoms with Gasteiger partial charge in [-0.2, -0.15) is 0 Å². The fraction of sp³-hybridized carbons (Fsp3) is 0.548. The summed E-state index contributed by atoms with van der Waals surface area (Å²) in [6.07, 6.45) is 5.29. The van der Waals surface area contributed by atoms with Crippen LogP contribution in [0.4, 0.5) is 0 Å². The van der Waals surface area contributed by atoms with E-state index in [4.69, 9.17) is 4.74 Å². The number of aryl methyl sites for hydroxylation is 2. The molecule has 198 valence electrons. The third-order valence-corrected chi connectivity index (χ3v) is 8.78. The number of nitrogens with zero attached hydrogens (tertiary/aromatic N) is 2. The van der Waals surface area contributed by atoms with E-state index in [2.05, 4.69) is 39.4 Å². The molecule has 1 aliphatic carbocycles. The maximum atomic E-state index is 13.4. The van der Waals surface area contributed by atoms with Crippen molar-refractivity contribution in [3.05, 3.63) is 64.7 Å². The van der Waals surface area contributed by atoms with E-state index in [0.717, 1.165) is 74.4 Å². The van der Waals surface area contributed by atoms with Crippen LogP contribution in [0, 0.1) is 31.6 Å². The number of ether oxygens (including phenoxy) is 1. The number of rotatable bonds is 8. The molecule has 1 N–H and O–H groups in total. The van der Waals surface area contributed by atoms with Crippen LogP contribution in [0.2, 0.25) is 0 Å². The number of methoxy groups -OCH3 is 1. The summed E-state index contributed by atoms with van der Waals surface area (Å²) in [6, 6.07) is 14.4. The Morgan fingerprint density at radius 1 is 0.973 bits per heavy atom. The van der Waals surface area contributed by atoms with Crippen molar-refractivity contribution in [1.82, 2.24) is 15.1 Å². The molecule has 0 aromatic heterocycles. The first kappa shape index (κ1) is 25.8. The van der Waals surface area contributed by atoms with E-state index in [-0.39, 0.29) is 23.8 Å². The maximum absolute atomic E-state index is 13.4. The zero-order valence-electron chi connectivity index (χ0n) is 22.5. The third kappa shape index (κ3) is 5.69. The fourth-order valence-corrected chi connectivity index (χ4v) is 6.77. The number of hydrogen-bond acceptors (Lipinski definition) is 4. The lowest BCUT2D eigenvalue weighted by Gasteiger charge is -2.26. The van der Waals surface area contributed by atoms with Gasteiger partial charge in [-0.25, -0.2) is 0 Å². The van der Waals surface area contributed by atoms with Crippen molar-refractivity contribution in [2.24, 2.45) is 17.8 Å². The second-order valence-electron chi connectivity index (χ2n) is 11.4. The lowest BCUT2D eigenvalue weighted by molar-refractivity contribution is -0.125. The number of carbonyl (C=O) groups is 2. The Hall–Kier alpha value is -2.86. The number of hydrogen-bond donors (Lipinski definition) is 1. The highest BCUT2D eigenvalue weighted by Gasteiger charge is 2.42. The van der Waals surface area contributed by atoms with Gasteiger partial charge in [0.15, 0.2) is 0 Å². The highest BCUT2D eigenvalue weighted by molar-refractivity contribution is 5.97. The molecular formula is C31H41N3O3. The van der Waals surface area contributed by atoms with E-state index in [1.54, 1.807) is 7.11 Å². The van der Waals surface area contributed by atoms with Crippen LogP contribution in [-0.2, 0) is 4.79 Å². The van der Waals surface area contributed by atoms with Crippen molar-refractivity contribution in [2.75, 3.05) is 39.8 Å². The van der Waals surface area contributed by atoms with Crippen molar-refractivity contribution >= 4 is 11.8 Å². The molecule has 2 saturated heterocycles. The first-order valence-electron chi connectivity index (χ1n) is 13.9. The first-order chi connectivity index (χ1) is 17.9. The zero-order chi connectivity index (χ0) is 25.9. The Labute approximate surface area is 221 Å². The van der Waals surface area contributed by atoms with Gasteiger partial charge in [0, 0.05) is 44.2 Å². The van der Waals surface area contributed by atoms with Crippen LogP contribution in [0.1, 0.15) is 65.2 Å². The Bertz CT molecular complexity index is 1070. The van der Waals surface area contributed by atoms with E-state index in [1.165, 1.54) is 18.4 Å². The number of nitrogens with one attached hydrogen (secondary N) is 1. The van der Waals surface area contributed by atoms with Gasteiger partial charge < -0.3 is 19.9 Å². The first-order valence-corrected chi connectivity index (χ1v) is 13.9. The van der Waals surface area contributed by atoms with E-state index in [9.17, 15) is 9.59 Å². The summed E-state index contributed by atoms with van der Waals surface area (Å²) >= 11 is 0. The predicted molar refractivity (Wildman–Crippen MR) is 146 cm³/mol. The molecule has 0 radical (unpaired) electrons. The number of fused-ring (bicyclic) bond motifs is 1. The Balaban J connectivity index is 1.17. The molecule has 6 heteroatoms. The highest BCUT2D eigenvalue weighted by Crippen LogP contribution is 2.34. The highest BCUT2D eigenvalue weighted by atomic mass is 16.5. The molecule has 2 aromatic carbocycles. The molecule has 0 bridgehead atoms. The van der Waals surface area contributed by atoms with Gasteiger partial charge in [0.25, 0.3) is 5.91 Å². The van der Waals surface area contributed by atoms with Gasteiger partial charge in [-0.3, -0.25) is 9.59 Å². The smallest absolute Gasteiger partial charge is 0.254 e. The molecule has 37 heavy (non-hydrogen) atoms. The summed E-state index contributed by atoms with van der Waals surface area (Å²) in [7, 11) is 1.66. The second kappa shape index (κ2) is 11.3. The average Bonchev–Trinajstić information content (AvgIpc) is 3.63. The minimum Gasteiger partial charge on any atom is -0.497 e. The van der Waals surface area contributed by atoms with Gasteiger partial charge in [-0.05, 0) is 73.8 Å². The molecule has 2 amide bonds. The van der Waals surface area contributed by atoms with Crippen LogP contribution >= 0.6 is 0 Å². The second-order valence-corrected chi connectivity index (χ2v) is 11.4. The van der Waals surface area contributed by atoms with E-state index in [1.807, 2.05) is 32.0 Å². The topological polar surface area (TPSA) is 61.9 Å². The zero-order valence-corrected chi connectivity index (χ0v) is 22.5. The monoisotopic (exact) mass is 503 g/mol. The number of carbonyl (C=O) groups excluding carboxylic acids is 2. The summed E-state index contributed by atoms with van der Waals surface area (Å²) < 4.78 is 5.37. The average molecular weight is 504 g/mol. The Morgan fingerprint density at radius 2 is 1.59 bits per heavy atom. The van der Waals surface area contributed by atoms with Gasteiger partial charge in [-0.1, -0.05) is 43.2 Å². The van der Waals surface area contributed by atoms with Gasteiger partial charge in [0.05, 0.1) is 13.2 Å². The van der Waals surface area contributed by atoms with Crippen LogP contribution in [0.25, 0.3) is 0 Å². The molecule has 2 unspecified atom stereocenters. The minimum absolute atomic E-state index is 0.0499. The van der Waals surface area contributed by atoms with Crippen LogP contribution < -0.4 is 10.1 Å². The number of benzene rings is 2. The van der Waals surface area contributed by atoms with Crippen LogP contribution in [0.3, 0.4) is 0 Å². The van der Waals surface area contributed by atoms with Crippen molar-refractivity contribution in [3.63, 3.8) is 0 Å². The van der Waals surface area contributed by atoms with Crippen molar-refractivity contribution in [2.45, 2.75) is 52.0 Å². The van der Waals surface area contributed by atoms with Crippen LogP contribution in [-0.4, -0.2) is 61.4 Å². The molecule has 3 atom stereocenters. The van der Waals surface area contributed by atoms with E-state index in [0.29, 0.717) is 11.8 Å². The molecule has 5 rings (SSSR count). The number of amides is 2. The number of likely N-dealkylation sites (tertiary alicyclic amines) is 2. The lowest BCUT2D eigenvalue weighted by Crippen LogP contribution is -2.37. The van der Waals surface area contributed by atoms with Crippen LogP contribution in [0.15, 0.2) is 42.5 Å². The molecule has 0 spiro atoms. The van der Waals surface area contributed by atoms with Gasteiger partial charge in [0.2, 0.25) is 5.91 Å². The van der Waals surface area contributed by atoms with Crippen molar-refractivity contribution < 1.29 is 14.3 Å². The standard InChI is InChI=1S/C31H41N3O3/c1-21-15-27(37-3)16-22(2)29(21)31(36)34-19-25-17-33(18-26(25)20-34)14-13-28(23-9-5-4-6-10-23)32-30(35)24-11-7-8-12-24/h4-6,9-10,15-16,24-26,28H,7-8,11-14,17-20H2,1-3H3,(H,32,35)/t25?,26?,28-/m0/s1. The lowest BCUT2D eigenvalue weighted by atomic mass is 10.0. The molecule has 2 aromatic rings. The molecule has 1 saturated carbocycles. The SMILES string of the molecule is COc1cc(C)c(C(=O)N2CC3CN(CC[C@H](NC(=O)C4CCCC4)c4ccccc4)CC3C2)c(C)c1. The molecule has 6 nitrogen and oxygen atoms in total. The summed E-state index contributed by atoms with van der Waals surface area (Å²) in [5.41, 5.74) is 3.97. The summed E-state index contributed by atoms with van der Waals surface area (Å²) in [4.78, 5) is 30.9. The molecular weight excluding hydrogens is 462 g/mol. The largest absolute Gasteiger partial charge is 0.497 e. The van der Waals surface area contributed by atoms with E-state index >= 15 is 0 Å². The molecule has 2 aliphatic heterocycles. The molecule has 2 heterocycles. The predicted octanol–water partition coefficient (Wildman–Crippen LogP) is 4.75.